The fourth-order valence-electron chi connectivity index (χ4n) is 1.84. The van der Waals surface area contributed by atoms with Gasteiger partial charge in [-0.15, -0.1) is 0 Å². The maximum Gasteiger partial charge on any atom is 0.130 e. The first kappa shape index (κ1) is 13.2. The summed E-state index contributed by atoms with van der Waals surface area (Å²) in [7, 11) is 1.67. The number of ketones is 1. The summed E-state index contributed by atoms with van der Waals surface area (Å²) in [6.07, 6.45) is 1.48. The number of carbonyl (C=O) groups is 1. The molecule has 0 saturated heterocycles. The van der Waals surface area contributed by atoms with Crippen LogP contribution < -0.4 is 4.74 Å². The smallest absolute Gasteiger partial charge is 0.130 e. The molecule has 0 fully saturated rings. The van der Waals surface area contributed by atoms with Crippen LogP contribution in [0.15, 0.2) is 22.7 Å². The van der Waals surface area contributed by atoms with E-state index in [0.29, 0.717) is 12.3 Å². The normalized spacial score (nSPS) is 12.2. The third-order valence-corrected chi connectivity index (χ3v) is 2.94. The van der Waals surface area contributed by atoms with Gasteiger partial charge in [-0.05, 0) is 43.0 Å². The second-order valence-corrected chi connectivity index (χ2v) is 5.09. The molecule has 1 aromatic rings. The highest BCUT2D eigenvalue weighted by Gasteiger charge is 2.10. The summed E-state index contributed by atoms with van der Waals surface area (Å²) in [5, 5.41) is 0. The van der Waals surface area contributed by atoms with E-state index in [0.717, 1.165) is 22.2 Å². The quantitative estimate of drug-likeness (QED) is 0.826. The average Bonchev–Trinajstić information content (AvgIpc) is 2.16. The SMILES string of the molecule is COc1ccc(Br)cc1CC(C)CC(C)=O. The summed E-state index contributed by atoms with van der Waals surface area (Å²) in [6, 6.07) is 5.95. The van der Waals surface area contributed by atoms with E-state index in [1.54, 1.807) is 14.0 Å². The minimum atomic E-state index is 0.237. The Labute approximate surface area is 105 Å². The van der Waals surface area contributed by atoms with Crippen molar-refractivity contribution >= 4 is 21.7 Å². The van der Waals surface area contributed by atoms with Gasteiger partial charge in [-0.1, -0.05) is 22.9 Å². The summed E-state index contributed by atoms with van der Waals surface area (Å²) in [6.45, 7) is 3.72. The lowest BCUT2D eigenvalue weighted by atomic mass is 9.96. The van der Waals surface area contributed by atoms with Crippen LogP contribution in [0.4, 0.5) is 0 Å². The molecule has 0 aromatic heterocycles. The van der Waals surface area contributed by atoms with Gasteiger partial charge in [0.2, 0.25) is 0 Å². The molecule has 0 spiro atoms. The van der Waals surface area contributed by atoms with Gasteiger partial charge in [-0.3, -0.25) is 0 Å². The molecule has 16 heavy (non-hydrogen) atoms. The molecule has 0 aliphatic carbocycles. The number of methoxy groups -OCH3 is 1. The number of Topliss-reactive ketones (excluding diaryl/α,β-unsaturated/α-hetero) is 1. The van der Waals surface area contributed by atoms with Gasteiger partial charge in [0.15, 0.2) is 0 Å². The molecule has 0 saturated carbocycles. The highest BCUT2D eigenvalue weighted by atomic mass is 79.9. The van der Waals surface area contributed by atoms with Gasteiger partial charge < -0.3 is 9.53 Å². The van der Waals surface area contributed by atoms with E-state index >= 15 is 0 Å². The summed E-state index contributed by atoms with van der Waals surface area (Å²) in [4.78, 5) is 11.0. The molecule has 0 amide bonds. The standard InChI is InChI=1S/C13H17BrO2/c1-9(6-10(2)15)7-11-8-12(14)4-5-13(11)16-3/h4-5,8-9H,6-7H2,1-3H3. The number of hydrogen-bond acceptors (Lipinski definition) is 2. The van der Waals surface area contributed by atoms with Crippen molar-refractivity contribution in [2.24, 2.45) is 5.92 Å². The van der Waals surface area contributed by atoms with Crippen LogP contribution in [-0.2, 0) is 11.2 Å². The van der Waals surface area contributed by atoms with E-state index in [1.165, 1.54) is 0 Å². The maximum absolute atomic E-state index is 11.0. The van der Waals surface area contributed by atoms with Crippen LogP contribution in [-0.4, -0.2) is 12.9 Å². The summed E-state index contributed by atoms with van der Waals surface area (Å²) < 4.78 is 6.34. The average molecular weight is 285 g/mol. The van der Waals surface area contributed by atoms with E-state index in [9.17, 15) is 4.79 Å². The highest BCUT2D eigenvalue weighted by Crippen LogP contribution is 2.26. The minimum Gasteiger partial charge on any atom is -0.496 e. The van der Waals surface area contributed by atoms with Crippen molar-refractivity contribution in [2.75, 3.05) is 7.11 Å². The van der Waals surface area contributed by atoms with E-state index in [2.05, 4.69) is 28.9 Å². The number of benzene rings is 1. The molecule has 1 rings (SSSR count). The first-order valence-corrected chi connectivity index (χ1v) is 6.14. The van der Waals surface area contributed by atoms with E-state index in [-0.39, 0.29) is 5.78 Å². The Bertz CT molecular complexity index is 374. The van der Waals surface area contributed by atoms with Crippen molar-refractivity contribution < 1.29 is 9.53 Å². The molecule has 88 valence electrons. The molecular formula is C13H17BrO2. The van der Waals surface area contributed by atoms with Crippen LogP contribution in [0, 0.1) is 5.92 Å². The Hall–Kier alpha value is -0.830. The summed E-state index contributed by atoms with van der Waals surface area (Å²) in [5.41, 5.74) is 1.14. The first-order chi connectivity index (χ1) is 7.52. The molecular weight excluding hydrogens is 268 g/mol. The molecule has 1 atom stereocenters. The van der Waals surface area contributed by atoms with E-state index < -0.39 is 0 Å². The van der Waals surface area contributed by atoms with E-state index in [1.807, 2.05) is 12.1 Å². The highest BCUT2D eigenvalue weighted by molar-refractivity contribution is 9.10. The monoisotopic (exact) mass is 284 g/mol. The molecule has 0 aliphatic heterocycles. The number of carbonyl (C=O) groups excluding carboxylic acids is 1. The van der Waals surface area contributed by atoms with Crippen LogP contribution in [0.3, 0.4) is 0 Å². The summed E-state index contributed by atoms with van der Waals surface area (Å²) >= 11 is 3.44. The Kier molecular flexibility index (Phi) is 5.00. The molecule has 3 heteroatoms. The second-order valence-electron chi connectivity index (χ2n) is 4.17. The van der Waals surface area contributed by atoms with Crippen LogP contribution in [0.2, 0.25) is 0 Å². The molecule has 1 unspecified atom stereocenters. The summed E-state index contributed by atoms with van der Waals surface area (Å²) in [5.74, 6) is 1.47. The van der Waals surface area contributed by atoms with Crippen molar-refractivity contribution in [3.8, 4) is 5.75 Å². The van der Waals surface area contributed by atoms with Crippen LogP contribution in [0.1, 0.15) is 25.8 Å². The van der Waals surface area contributed by atoms with Crippen molar-refractivity contribution in [3.63, 3.8) is 0 Å². The zero-order valence-electron chi connectivity index (χ0n) is 9.92. The molecule has 0 aliphatic rings. The number of ether oxygens (including phenoxy) is 1. The van der Waals surface area contributed by atoms with Crippen LogP contribution >= 0.6 is 15.9 Å². The second kappa shape index (κ2) is 6.04. The topological polar surface area (TPSA) is 26.3 Å². The molecule has 0 heterocycles. The zero-order valence-corrected chi connectivity index (χ0v) is 11.5. The van der Waals surface area contributed by atoms with Gasteiger partial charge in [0.25, 0.3) is 0 Å². The largest absolute Gasteiger partial charge is 0.496 e. The van der Waals surface area contributed by atoms with Crippen molar-refractivity contribution in [1.29, 1.82) is 0 Å². The third kappa shape index (κ3) is 3.97. The lowest BCUT2D eigenvalue weighted by Crippen LogP contribution is -2.06. The Morgan fingerprint density at radius 2 is 2.19 bits per heavy atom. The lowest BCUT2D eigenvalue weighted by Gasteiger charge is -2.13. The van der Waals surface area contributed by atoms with Crippen LogP contribution in [0.5, 0.6) is 5.75 Å². The van der Waals surface area contributed by atoms with Gasteiger partial charge in [-0.25, -0.2) is 0 Å². The molecule has 0 bridgehead atoms. The van der Waals surface area contributed by atoms with Crippen molar-refractivity contribution in [2.45, 2.75) is 26.7 Å². The molecule has 0 radical (unpaired) electrons. The Balaban J connectivity index is 2.78. The zero-order chi connectivity index (χ0) is 12.1. The van der Waals surface area contributed by atoms with Crippen molar-refractivity contribution in [3.05, 3.63) is 28.2 Å². The fraction of sp³-hybridized carbons (Fsp3) is 0.462. The molecule has 0 N–H and O–H groups in total. The predicted octanol–water partition coefficient (Wildman–Crippen LogP) is 3.62. The molecule has 2 nitrogen and oxygen atoms in total. The Morgan fingerprint density at radius 1 is 1.50 bits per heavy atom. The van der Waals surface area contributed by atoms with Gasteiger partial charge in [-0.2, -0.15) is 0 Å². The predicted molar refractivity (Wildman–Crippen MR) is 68.9 cm³/mol. The number of hydrogen-bond donors (Lipinski definition) is 0. The van der Waals surface area contributed by atoms with E-state index in [4.69, 9.17) is 4.74 Å². The first-order valence-electron chi connectivity index (χ1n) is 5.34. The minimum absolute atomic E-state index is 0.237. The van der Waals surface area contributed by atoms with Crippen LogP contribution in [0.25, 0.3) is 0 Å². The fourth-order valence-corrected chi connectivity index (χ4v) is 2.25. The van der Waals surface area contributed by atoms with Gasteiger partial charge in [0.1, 0.15) is 11.5 Å². The number of rotatable bonds is 5. The number of halogens is 1. The van der Waals surface area contributed by atoms with Crippen molar-refractivity contribution in [1.82, 2.24) is 0 Å². The maximum atomic E-state index is 11.0. The molecule has 1 aromatic carbocycles. The van der Waals surface area contributed by atoms with Gasteiger partial charge >= 0.3 is 0 Å². The van der Waals surface area contributed by atoms with Gasteiger partial charge in [0, 0.05) is 10.9 Å². The lowest BCUT2D eigenvalue weighted by molar-refractivity contribution is -0.117. The third-order valence-electron chi connectivity index (χ3n) is 2.45. The Morgan fingerprint density at radius 3 is 2.75 bits per heavy atom. The van der Waals surface area contributed by atoms with Gasteiger partial charge in [0.05, 0.1) is 7.11 Å².